The molecule has 16 heavy (non-hydrogen) atoms. The fraction of sp³-hybridized carbons (Fsp3) is 0.667. The van der Waals surface area contributed by atoms with Crippen LogP contribution in [0.1, 0.15) is 37.6 Å². The molecule has 0 aromatic carbocycles. The lowest BCUT2D eigenvalue weighted by molar-refractivity contribution is -0.123. The number of likely N-dealkylation sites (N-methyl/N-ethyl adjacent to an activating group) is 1. The van der Waals surface area contributed by atoms with Crippen LogP contribution < -0.4 is 5.32 Å². The minimum atomic E-state index is -0.112. The Morgan fingerprint density at radius 1 is 1.56 bits per heavy atom. The predicted octanol–water partition coefficient (Wildman–Crippen LogP) is 1.31. The van der Waals surface area contributed by atoms with Gasteiger partial charge in [-0.25, -0.2) is 4.98 Å². The highest BCUT2D eigenvalue weighted by atomic mass is 16.1. The predicted molar refractivity (Wildman–Crippen MR) is 62.2 cm³/mol. The number of nitrogens with zero attached hydrogens (tertiary/aromatic N) is 2. The molecule has 0 saturated heterocycles. The van der Waals surface area contributed by atoms with Crippen molar-refractivity contribution in [3.63, 3.8) is 0 Å². The van der Waals surface area contributed by atoms with Crippen LogP contribution in [0.5, 0.6) is 0 Å². The van der Waals surface area contributed by atoms with E-state index in [1.54, 1.807) is 7.05 Å². The highest BCUT2D eigenvalue weighted by molar-refractivity contribution is 5.83. The van der Waals surface area contributed by atoms with Crippen LogP contribution in [-0.4, -0.2) is 22.5 Å². The Bertz CT molecular complexity index is 395. The number of amides is 1. The van der Waals surface area contributed by atoms with Gasteiger partial charge in [-0.05, 0) is 18.8 Å². The van der Waals surface area contributed by atoms with Crippen LogP contribution in [0.25, 0.3) is 0 Å². The van der Waals surface area contributed by atoms with Gasteiger partial charge >= 0.3 is 0 Å². The monoisotopic (exact) mass is 221 g/mol. The van der Waals surface area contributed by atoms with Gasteiger partial charge in [0, 0.05) is 19.3 Å². The summed E-state index contributed by atoms with van der Waals surface area (Å²) in [5, 5.41) is 2.74. The summed E-state index contributed by atoms with van der Waals surface area (Å²) >= 11 is 0. The third-order valence-electron chi connectivity index (χ3n) is 3.28. The van der Waals surface area contributed by atoms with Crippen molar-refractivity contribution in [2.45, 2.75) is 39.2 Å². The lowest BCUT2D eigenvalue weighted by Crippen LogP contribution is -2.30. The molecule has 0 aliphatic carbocycles. The van der Waals surface area contributed by atoms with Crippen molar-refractivity contribution in [1.29, 1.82) is 0 Å². The Morgan fingerprint density at radius 3 is 2.94 bits per heavy atom. The van der Waals surface area contributed by atoms with Crippen molar-refractivity contribution in [1.82, 2.24) is 14.9 Å². The maximum absolute atomic E-state index is 11.9. The molecule has 1 atom stereocenters. The van der Waals surface area contributed by atoms with Gasteiger partial charge in [0.05, 0.1) is 17.9 Å². The first kappa shape index (κ1) is 11.2. The molecular formula is C12H19N3O. The van der Waals surface area contributed by atoms with Gasteiger partial charge in [0.1, 0.15) is 0 Å². The number of carbonyl (C=O) groups excluding carboxylic acids is 1. The van der Waals surface area contributed by atoms with E-state index < -0.39 is 0 Å². The number of carbonyl (C=O) groups is 1. The minimum absolute atomic E-state index is 0.0726. The summed E-state index contributed by atoms with van der Waals surface area (Å²) in [7, 11) is 1.69. The zero-order valence-electron chi connectivity index (χ0n) is 10.2. The van der Waals surface area contributed by atoms with E-state index >= 15 is 0 Å². The number of imidazole rings is 1. The first-order chi connectivity index (χ1) is 7.65. The molecule has 2 heterocycles. The molecule has 88 valence electrons. The molecule has 4 heteroatoms. The van der Waals surface area contributed by atoms with E-state index in [9.17, 15) is 4.79 Å². The van der Waals surface area contributed by atoms with Gasteiger partial charge in [0.2, 0.25) is 5.91 Å². The van der Waals surface area contributed by atoms with E-state index in [2.05, 4.69) is 28.7 Å². The lowest BCUT2D eigenvalue weighted by Gasteiger charge is -2.18. The molecule has 1 aromatic rings. The molecule has 1 aromatic heterocycles. The fourth-order valence-electron chi connectivity index (χ4n) is 2.46. The van der Waals surface area contributed by atoms with Crippen LogP contribution >= 0.6 is 0 Å². The normalized spacial score (nSPS) is 16.2. The van der Waals surface area contributed by atoms with E-state index in [1.165, 1.54) is 12.1 Å². The molecule has 0 saturated carbocycles. The first-order valence-electron chi connectivity index (χ1n) is 5.90. The fourth-order valence-corrected chi connectivity index (χ4v) is 2.46. The van der Waals surface area contributed by atoms with E-state index in [-0.39, 0.29) is 17.7 Å². The Morgan fingerprint density at radius 2 is 2.31 bits per heavy atom. The summed E-state index contributed by atoms with van der Waals surface area (Å²) < 4.78 is 2.17. The second-order valence-electron chi connectivity index (χ2n) is 4.71. The topological polar surface area (TPSA) is 46.9 Å². The highest BCUT2D eigenvalue weighted by Crippen LogP contribution is 2.29. The molecule has 0 bridgehead atoms. The summed E-state index contributed by atoms with van der Waals surface area (Å²) in [5.41, 5.74) is 2.23. The Balaban J connectivity index is 2.35. The van der Waals surface area contributed by atoms with Gasteiger partial charge < -0.3 is 9.88 Å². The molecule has 4 nitrogen and oxygen atoms in total. The first-order valence-corrected chi connectivity index (χ1v) is 5.90. The van der Waals surface area contributed by atoms with Gasteiger partial charge in [0.25, 0.3) is 0 Å². The van der Waals surface area contributed by atoms with E-state index in [0.717, 1.165) is 18.7 Å². The molecule has 0 unspecified atom stereocenters. The van der Waals surface area contributed by atoms with Gasteiger partial charge in [-0.2, -0.15) is 0 Å². The van der Waals surface area contributed by atoms with Crippen LogP contribution in [0.4, 0.5) is 0 Å². The summed E-state index contributed by atoms with van der Waals surface area (Å²) in [6, 6.07) is 0. The van der Waals surface area contributed by atoms with Crippen molar-refractivity contribution in [2.24, 2.45) is 5.92 Å². The minimum Gasteiger partial charge on any atom is -0.359 e. The number of fused-ring (bicyclic) bond motifs is 1. The smallest absolute Gasteiger partial charge is 0.229 e. The van der Waals surface area contributed by atoms with Crippen molar-refractivity contribution in [3.8, 4) is 0 Å². The van der Waals surface area contributed by atoms with Crippen molar-refractivity contribution in [2.75, 3.05) is 7.05 Å². The Kier molecular flexibility index (Phi) is 2.99. The van der Waals surface area contributed by atoms with Gasteiger partial charge in [0.15, 0.2) is 0 Å². The van der Waals surface area contributed by atoms with Crippen LogP contribution in [0, 0.1) is 5.92 Å². The molecule has 0 radical (unpaired) electrons. The Hall–Kier alpha value is -1.32. The number of rotatable bonds is 3. The number of aromatic nitrogens is 2. The van der Waals surface area contributed by atoms with Crippen molar-refractivity contribution in [3.05, 3.63) is 17.7 Å². The van der Waals surface area contributed by atoms with E-state index in [1.807, 2.05) is 6.33 Å². The van der Waals surface area contributed by atoms with Gasteiger partial charge in [-0.3, -0.25) is 4.79 Å². The zero-order chi connectivity index (χ0) is 11.7. The van der Waals surface area contributed by atoms with Gasteiger partial charge in [-0.15, -0.1) is 0 Å². The third kappa shape index (κ3) is 1.72. The maximum Gasteiger partial charge on any atom is 0.229 e. The molecule has 2 rings (SSSR count). The number of nitrogens with one attached hydrogen (secondary N) is 1. The highest BCUT2D eigenvalue weighted by Gasteiger charge is 2.30. The van der Waals surface area contributed by atoms with Gasteiger partial charge in [-0.1, -0.05) is 13.8 Å². The van der Waals surface area contributed by atoms with Crippen LogP contribution in [0.3, 0.4) is 0 Å². The molecular weight excluding hydrogens is 202 g/mol. The van der Waals surface area contributed by atoms with Crippen LogP contribution in [0.15, 0.2) is 6.33 Å². The molecule has 0 fully saturated rings. The Labute approximate surface area is 96.1 Å². The van der Waals surface area contributed by atoms with E-state index in [4.69, 9.17) is 0 Å². The number of aryl methyl sites for hydroxylation is 1. The average molecular weight is 221 g/mol. The quantitative estimate of drug-likeness (QED) is 0.836. The zero-order valence-corrected chi connectivity index (χ0v) is 10.2. The standard InChI is InChI=1S/C12H19N3O/c1-8(2)10(12(16)13-3)11-9-5-4-6-15(9)7-14-11/h7-8,10H,4-6H2,1-3H3,(H,13,16)/t10-/m1/s1. The third-order valence-corrected chi connectivity index (χ3v) is 3.28. The summed E-state index contributed by atoms with van der Waals surface area (Å²) in [5.74, 6) is 0.239. The van der Waals surface area contributed by atoms with Crippen LogP contribution in [0.2, 0.25) is 0 Å². The SMILES string of the molecule is CNC(=O)[C@@H](c1ncn2c1CCC2)C(C)C. The summed E-state index contributed by atoms with van der Waals surface area (Å²) in [6.07, 6.45) is 4.09. The molecule has 1 N–H and O–H groups in total. The molecule has 0 spiro atoms. The number of hydrogen-bond donors (Lipinski definition) is 1. The second kappa shape index (κ2) is 4.28. The average Bonchev–Trinajstić information content (AvgIpc) is 2.81. The maximum atomic E-state index is 11.9. The van der Waals surface area contributed by atoms with Crippen molar-refractivity contribution < 1.29 is 4.79 Å². The number of hydrogen-bond acceptors (Lipinski definition) is 2. The largest absolute Gasteiger partial charge is 0.359 e. The van der Waals surface area contributed by atoms with Crippen molar-refractivity contribution >= 4 is 5.91 Å². The van der Waals surface area contributed by atoms with E-state index in [0.29, 0.717) is 0 Å². The lowest BCUT2D eigenvalue weighted by atomic mass is 9.90. The molecule has 1 aliphatic heterocycles. The molecule has 1 amide bonds. The second-order valence-corrected chi connectivity index (χ2v) is 4.71. The summed E-state index contributed by atoms with van der Waals surface area (Å²) in [4.78, 5) is 16.3. The molecule has 1 aliphatic rings. The summed E-state index contributed by atoms with van der Waals surface area (Å²) in [6.45, 7) is 5.18. The van der Waals surface area contributed by atoms with Crippen LogP contribution in [-0.2, 0) is 17.8 Å².